The smallest absolute Gasteiger partial charge is 0.241 e. The van der Waals surface area contributed by atoms with E-state index in [0.717, 1.165) is 36.5 Å². The second kappa shape index (κ2) is 5.30. The molecule has 3 heterocycles. The third kappa shape index (κ3) is 2.51. The summed E-state index contributed by atoms with van der Waals surface area (Å²) < 4.78 is 28.5. The Balaban J connectivity index is 1.65. The normalized spacial score (nSPS) is 28.1. The van der Waals surface area contributed by atoms with Crippen LogP contribution in [-0.4, -0.2) is 31.5 Å². The second-order valence-electron chi connectivity index (χ2n) is 6.28. The summed E-state index contributed by atoms with van der Waals surface area (Å²) in [5, 5.41) is 5.10. The molecule has 0 aliphatic carbocycles. The predicted molar refractivity (Wildman–Crippen MR) is 85.0 cm³/mol. The standard InChI is InChI=1S/C16H19N3O2S/c20-22(21,19-14-8-12-4-5-13(9-14)18-12)16-3-1-2-11-10-17-7-6-15(11)16/h1-3,6-7,10,12-14,18-19H,4-5,8-9H2. The van der Waals surface area contributed by atoms with Gasteiger partial charge in [-0.15, -0.1) is 0 Å². The van der Waals surface area contributed by atoms with E-state index in [4.69, 9.17) is 0 Å². The number of nitrogens with one attached hydrogen (secondary N) is 2. The minimum absolute atomic E-state index is 0.0286. The van der Waals surface area contributed by atoms with Gasteiger partial charge >= 0.3 is 0 Å². The number of fused-ring (bicyclic) bond motifs is 3. The fraction of sp³-hybridized carbons (Fsp3) is 0.438. The molecular formula is C16H19N3O2S. The van der Waals surface area contributed by atoms with Crippen molar-refractivity contribution in [3.63, 3.8) is 0 Å². The average molecular weight is 317 g/mol. The van der Waals surface area contributed by atoms with Crippen LogP contribution in [0.4, 0.5) is 0 Å². The van der Waals surface area contributed by atoms with Gasteiger partial charge in [0.05, 0.1) is 4.90 Å². The lowest BCUT2D eigenvalue weighted by molar-refractivity contribution is 0.345. The van der Waals surface area contributed by atoms with E-state index < -0.39 is 10.0 Å². The average Bonchev–Trinajstić information content (AvgIpc) is 2.85. The summed E-state index contributed by atoms with van der Waals surface area (Å²) in [4.78, 5) is 4.40. The minimum Gasteiger partial charge on any atom is -0.311 e. The Morgan fingerprint density at radius 2 is 1.91 bits per heavy atom. The van der Waals surface area contributed by atoms with Crippen molar-refractivity contribution < 1.29 is 8.42 Å². The first-order valence-corrected chi connectivity index (χ1v) is 9.21. The van der Waals surface area contributed by atoms with Crippen molar-refractivity contribution >= 4 is 20.8 Å². The van der Waals surface area contributed by atoms with Crippen LogP contribution in [0.1, 0.15) is 25.7 Å². The highest BCUT2D eigenvalue weighted by Crippen LogP contribution is 2.28. The molecule has 1 aromatic carbocycles. The topological polar surface area (TPSA) is 71.1 Å². The molecule has 0 saturated carbocycles. The maximum absolute atomic E-state index is 12.8. The Morgan fingerprint density at radius 1 is 1.14 bits per heavy atom. The molecule has 6 heteroatoms. The number of sulfonamides is 1. The van der Waals surface area contributed by atoms with Crippen molar-refractivity contribution in [1.29, 1.82) is 0 Å². The van der Waals surface area contributed by atoms with Crippen molar-refractivity contribution in [2.45, 2.75) is 48.7 Å². The van der Waals surface area contributed by atoms with Crippen LogP contribution in [0.3, 0.4) is 0 Å². The Kier molecular flexibility index (Phi) is 3.40. The van der Waals surface area contributed by atoms with E-state index >= 15 is 0 Å². The van der Waals surface area contributed by atoms with E-state index in [-0.39, 0.29) is 6.04 Å². The quantitative estimate of drug-likeness (QED) is 0.905. The van der Waals surface area contributed by atoms with Crippen molar-refractivity contribution in [3.8, 4) is 0 Å². The molecule has 1 aromatic heterocycles. The molecule has 2 unspecified atom stereocenters. The molecule has 2 aliphatic heterocycles. The number of nitrogens with zero attached hydrogens (tertiary/aromatic N) is 1. The largest absolute Gasteiger partial charge is 0.311 e. The minimum atomic E-state index is -3.51. The summed E-state index contributed by atoms with van der Waals surface area (Å²) in [7, 11) is -3.51. The van der Waals surface area contributed by atoms with E-state index in [1.807, 2.05) is 6.07 Å². The molecule has 22 heavy (non-hydrogen) atoms. The Labute approximate surface area is 130 Å². The third-order valence-electron chi connectivity index (χ3n) is 4.73. The molecule has 2 atom stereocenters. The van der Waals surface area contributed by atoms with Crippen LogP contribution in [0.2, 0.25) is 0 Å². The molecule has 0 spiro atoms. The van der Waals surface area contributed by atoms with Gasteiger partial charge in [-0.2, -0.15) is 0 Å². The van der Waals surface area contributed by atoms with E-state index in [2.05, 4.69) is 15.0 Å². The maximum Gasteiger partial charge on any atom is 0.241 e. The Morgan fingerprint density at radius 3 is 2.68 bits per heavy atom. The summed E-state index contributed by atoms with van der Waals surface area (Å²) in [5.74, 6) is 0. The molecule has 0 amide bonds. The zero-order valence-electron chi connectivity index (χ0n) is 12.2. The van der Waals surface area contributed by atoms with Crippen molar-refractivity contribution in [2.75, 3.05) is 0 Å². The van der Waals surface area contributed by atoms with Gasteiger partial charge in [0.1, 0.15) is 0 Å². The maximum atomic E-state index is 12.8. The van der Waals surface area contributed by atoms with Crippen LogP contribution in [0.5, 0.6) is 0 Å². The zero-order valence-corrected chi connectivity index (χ0v) is 13.0. The molecule has 4 rings (SSSR count). The summed E-state index contributed by atoms with van der Waals surface area (Å²) >= 11 is 0. The van der Waals surface area contributed by atoms with Gasteiger partial charge < -0.3 is 5.32 Å². The molecule has 5 nitrogen and oxygen atoms in total. The van der Waals surface area contributed by atoms with Gasteiger partial charge in [-0.1, -0.05) is 12.1 Å². The molecule has 2 aliphatic rings. The Hall–Kier alpha value is -1.50. The molecule has 0 radical (unpaired) electrons. The number of hydrogen-bond donors (Lipinski definition) is 2. The molecular weight excluding hydrogens is 298 g/mol. The number of hydrogen-bond acceptors (Lipinski definition) is 4. The summed E-state index contributed by atoms with van der Waals surface area (Å²) in [6, 6.07) is 8.03. The first kappa shape index (κ1) is 14.1. The van der Waals surface area contributed by atoms with Crippen molar-refractivity contribution in [3.05, 3.63) is 36.7 Å². The lowest BCUT2D eigenvalue weighted by Gasteiger charge is -2.29. The van der Waals surface area contributed by atoms with E-state index in [0.29, 0.717) is 17.0 Å². The van der Waals surface area contributed by atoms with Gasteiger partial charge in [0, 0.05) is 41.3 Å². The monoisotopic (exact) mass is 317 g/mol. The first-order valence-electron chi connectivity index (χ1n) is 7.73. The summed E-state index contributed by atoms with van der Waals surface area (Å²) in [6.07, 6.45) is 7.39. The van der Waals surface area contributed by atoms with Gasteiger partial charge in [-0.3, -0.25) is 4.98 Å². The number of benzene rings is 1. The van der Waals surface area contributed by atoms with Crippen molar-refractivity contribution in [1.82, 2.24) is 15.0 Å². The third-order valence-corrected chi connectivity index (χ3v) is 6.30. The van der Waals surface area contributed by atoms with Gasteiger partial charge in [0.2, 0.25) is 10.0 Å². The number of aromatic nitrogens is 1. The number of rotatable bonds is 3. The SMILES string of the molecule is O=S(=O)(NC1CC2CCC(C1)N2)c1cccc2cnccc12. The van der Waals surface area contributed by atoms with Crippen LogP contribution in [-0.2, 0) is 10.0 Å². The predicted octanol–water partition coefficient (Wildman–Crippen LogP) is 1.80. The molecule has 2 fully saturated rings. The van der Waals surface area contributed by atoms with Crippen LogP contribution >= 0.6 is 0 Å². The van der Waals surface area contributed by atoms with Gasteiger partial charge in [0.15, 0.2) is 0 Å². The molecule has 2 aromatic rings. The van der Waals surface area contributed by atoms with Gasteiger partial charge in [-0.25, -0.2) is 13.1 Å². The highest BCUT2D eigenvalue weighted by atomic mass is 32.2. The lowest BCUT2D eigenvalue weighted by Crippen LogP contribution is -2.47. The highest BCUT2D eigenvalue weighted by molar-refractivity contribution is 7.89. The fourth-order valence-electron chi connectivity index (χ4n) is 3.76. The molecule has 2 saturated heterocycles. The number of piperidine rings is 1. The van der Waals surface area contributed by atoms with E-state index in [9.17, 15) is 8.42 Å². The number of pyridine rings is 1. The van der Waals surface area contributed by atoms with E-state index in [1.165, 1.54) is 0 Å². The molecule has 2 N–H and O–H groups in total. The van der Waals surface area contributed by atoms with E-state index in [1.54, 1.807) is 30.6 Å². The first-order chi connectivity index (χ1) is 10.6. The van der Waals surface area contributed by atoms with Crippen LogP contribution in [0.25, 0.3) is 10.8 Å². The zero-order chi connectivity index (χ0) is 15.2. The van der Waals surface area contributed by atoms with Crippen LogP contribution in [0, 0.1) is 0 Å². The molecule has 2 bridgehead atoms. The lowest BCUT2D eigenvalue weighted by atomic mass is 10.0. The van der Waals surface area contributed by atoms with Crippen molar-refractivity contribution in [2.24, 2.45) is 0 Å². The Bertz CT molecular complexity index is 789. The van der Waals surface area contributed by atoms with Gasteiger partial charge in [-0.05, 0) is 37.8 Å². The van der Waals surface area contributed by atoms with Crippen LogP contribution in [0.15, 0.2) is 41.6 Å². The second-order valence-corrected chi connectivity index (χ2v) is 7.96. The summed E-state index contributed by atoms with van der Waals surface area (Å²) in [5.41, 5.74) is 0. The molecule has 116 valence electrons. The summed E-state index contributed by atoms with van der Waals surface area (Å²) in [6.45, 7) is 0. The van der Waals surface area contributed by atoms with Gasteiger partial charge in [0.25, 0.3) is 0 Å². The van der Waals surface area contributed by atoms with Crippen LogP contribution < -0.4 is 10.0 Å². The highest BCUT2D eigenvalue weighted by Gasteiger charge is 2.35. The fourth-order valence-corrected chi connectivity index (χ4v) is 5.25.